The van der Waals surface area contributed by atoms with Crippen molar-refractivity contribution in [2.24, 2.45) is 5.73 Å². The van der Waals surface area contributed by atoms with E-state index >= 15 is 0 Å². The first-order valence-electron chi connectivity index (χ1n) is 6.32. The van der Waals surface area contributed by atoms with Gasteiger partial charge in [0.2, 0.25) is 0 Å². The van der Waals surface area contributed by atoms with Crippen LogP contribution in [0.15, 0.2) is 42.5 Å². The second kappa shape index (κ2) is 7.25. The molecule has 0 radical (unpaired) electrons. The molecule has 2 N–H and O–H groups in total. The lowest BCUT2D eigenvalue weighted by atomic mass is 10.1. The molecule has 0 amide bonds. The van der Waals surface area contributed by atoms with Crippen LogP contribution in [0.2, 0.25) is 0 Å². The molecule has 0 aromatic heterocycles. The molecule has 0 fully saturated rings. The van der Waals surface area contributed by atoms with Gasteiger partial charge in [0, 0.05) is 25.7 Å². The fraction of sp³-hybridized carbons (Fsp3) is 0.467. The molecule has 2 nitrogen and oxygen atoms in total. The van der Waals surface area contributed by atoms with E-state index in [1.54, 1.807) is 0 Å². The smallest absolute Gasteiger partial charge is 0.0239 e. The molecular weight excluding hydrogens is 208 g/mol. The maximum Gasteiger partial charge on any atom is 0.0239 e. The average molecular weight is 232 g/mol. The highest BCUT2D eigenvalue weighted by Gasteiger charge is 2.13. The Morgan fingerprint density at radius 2 is 2.00 bits per heavy atom. The monoisotopic (exact) mass is 232 g/mol. The molecule has 1 unspecified atom stereocenters. The molecule has 1 aromatic carbocycles. The van der Waals surface area contributed by atoms with E-state index in [9.17, 15) is 0 Å². The third-order valence-corrected chi connectivity index (χ3v) is 3.16. The minimum absolute atomic E-state index is 0.554. The molecule has 0 spiro atoms. The highest BCUT2D eigenvalue weighted by Crippen LogP contribution is 2.12. The van der Waals surface area contributed by atoms with Crippen LogP contribution in [0.25, 0.3) is 0 Å². The first-order valence-corrected chi connectivity index (χ1v) is 6.32. The number of nitrogens with two attached hydrogens (primary N) is 1. The Kier molecular flexibility index (Phi) is 5.95. The van der Waals surface area contributed by atoms with Crippen LogP contribution in [-0.2, 0) is 6.54 Å². The lowest BCUT2D eigenvalue weighted by molar-refractivity contribution is 0.212. The number of rotatable bonds is 7. The van der Waals surface area contributed by atoms with Crippen molar-refractivity contribution in [1.29, 1.82) is 0 Å². The van der Waals surface area contributed by atoms with Gasteiger partial charge >= 0.3 is 0 Å². The summed E-state index contributed by atoms with van der Waals surface area (Å²) in [5.41, 5.74) is 8.07. The topological polar surface area (TPSA) is 29.3 Å². The number of hydrogen-bond acceptors (Lipinski definition) is 2. The van der Waals surface area contributed by atoms with E-state index in [0.29, 0.717) is 12.6 Å². The number of hydrogen-bond donors (Lipinski definition) is 1. The molecular formula is C15H24N2. The highest BCUT2D eigenvalue weighted by atomic mass is 15.1. The van der Waals surface area contributed by atoms with Crippen molar-refractivity contribution in [3.8, 4) is 0 Å². The Balaban J connectivity index is 2.67. The Morgan fingerprint density at radius 1 is 1.35 bits per heavy atom. The minimum Gasteiger partial charge on any atom is -0.327 e. The Labute approximate surface area is 105 Å². The summed E-state index contributed by atoms with van der Waals surface area (Å²) in [7, 11) is 0. The minimum atomic E-state index is 0.554. The van der Waals surface area contributed by atoms with Crippen LogP contribution in [0.4, 0.5) is 0 Å². The van der Waals surface area contributed by atoms with E-state index in [2.05, 4.69) is 55.7 Å². The first kappa shape index (κ1) is 13.9. The summed E-state index contributed by atoms with van der Waals surface area (Å²) in [6.45, 7) is 10.9. The van der Waals surface area contributed by atoms with Gasteiger partial charge in [-0.05, 0) is 24.5 Å². The van der Waals surface area contributed by atoms with Crippen molar-refractivity contribution in [2.75, 3.05) is 13.1 Å². The highest BCUT2D eigenvalue weighted by molar-refractivity contribution is 5.15. The number of benzene rings is 1. The van der Waals surface area contributed by atoms with Gasteiger partial charge in [-0.3, -0.25) is 4.90 Å². The Bertz CT molecular complexity index is 332. The lowest BCUT2D eigenvalue weighted by Crippen LogP contribution is -2.34. The molecule has 0 saturated carbocycles. The van der Waals surface area contributed by atoms with Crippen LogP contribution < -0.4 is 5.73 Å². The second-order valence-corrected chi connectivity index (χ2v) is 4.60. The third kappa shape index (κ3) is 4.72. The maximum atomic E-state index is 5.63. The third-order valence-electron chi connectivity index (χ3n) is 3.16. The molecule has 94 valence electrons. The van der Waals surface area contributed by atoms with Crippen molar-refractivity contribution in [2.45, 2.75) is 32.9 Å². The van der Waals surface area contributed by atoms with E-state index in [4.69, 9.17) is 5.73 Å². The molecule has 0 bridgehead atoms. The fourth-order valence-corrected chi connectivity index (χ4v) is 1.80. The van der Waals surface area contributed by atoms with Gasteiger partial charge in [-0.25, -0.2) is 0 Å². The lowest BCUT2D eigenvalue weighted by Gasteiger charge is -2.29. The van der Waals surface area contributed by atoms with Gasteiger partial charge in [0.15, 0.2) is 0 Å². The van der Waals surface area contributed by atoms with Crippen LogP contribution in [0, 0.1) is 0 Å². The molecule has 2 heteroatoms. The molecule has 1 rings (SSSR count). The quantitative estimate of drug-likeness (QED) is 0.732. The SMILES string of the molecule is C=C(CN)CN(Cc1ccccc1)C(C)CC. The summed E-state index contributed by atoms with van der Waals surface area (Å²) in [5, 5.41) is 0. The Morgan fingerprint density at radius 3 is 2.53 bits per heavy atom. The molecule has 17 heavy (non-hydrogen) atoms. The van der Waals surface area contributed by atoms with Crippen molar-refractivity contribution in [3.63, 3.8) is 0 Å². The molecule has 0 saturated heterocycles. The molecule has 1 aromatic rings. The van der Waals surface area contributed by atoms with Crippen molar-refractivity contribution >= 4 is 0 Å². The predicted molar refractivity (Wildman–Crippen MR) is 74.8 cm³/mol. The molecule has 0 aliphatic rings. The zero-order valence-corrected chi connectivity index (χ0v) is 11.0. The van der Waals surface area contributed by atoms with Gasteiger partial charge in [-0.15, -0.1) is 0 Å². The summed E-state index contributed by atoms with van der Waals surface area (Å²) in [6.07, 6.45) is 1.14. The molecule has 1 atom stereocenters. The van der Waals surface area contributed by atoms with Gasteiger partial charge in [-0.2, -0.15) is 0 Å². The molecule has 0 heterocycles. The number of nitrogens with zero attached hydrogens (tertiary/aromatic N) is 1. The van der Waals surface area contributed by atoms with Gasteiger partial charge in [0.25, 0.3) is 0 Å². The van der Waals surface area contributed by atoms with Crippen LogP contribution in [0.3, 0.4) is 0 Å². The zero-order chi connectivity index (χ0) is 12.7. The second-order valence-electron chi connectivity index (χ2n) is 4.60. The predicted octanol–water partition coefficient (Wildman–Crippen LogP) is 2.80. The standard InChI is InChI=1S/C15H24N2/c1-4-14(3)17(11-13(2)10-16)12-15-8-6-5-7-9-15/h5-9,14H,2,4,10-12,16H2,1,3H3. The van der Waals surface area contributed by atoms with Crippen molar-refractivity contribution in [3.05, 3.63) is 48.0 Å². The van der Waals surface area contributed by atoms with E-state index in [1.807, 2.05) is 0 Å². The summed E-state index contributed by atoms with van der Waals surface area (Å²) < 4.78 is 0. The van der Waals surface area contributed by atoms with Gasteiger partial charge < -0.3 is 5.73 Å². The van der Waals surface area contributed by atoms with Crippen LogP contribution in [-0.4, -0.2) is 24.0 Å². The zero-order valence-electron chi connectivity index (χ0n) is 11.0. The summed E-state index contributed by atoms with van der Waals surface area (Å²) >= 11 is 0. The van der Waals surface area contributed by atoms with Gasteiger partial charge in [0.1, 0.15) is 0 Å². The largest absolute Gasteiger partial charge is 0.327 e. The molecule has 0 aliphatic heterocycles. The normalized spacial score (nSPS) is 12.7. The van der Waals surface area contributed by atoms with E-state index in [-0.39, 0.29) is 0 Å². The average Bonchev–Trinajstić information content (AvgIpc) is 2.38. The fourth-order valence-electron chi connectivity index (χ4n) is 1.80. The summed E-state index contributed by atoms with van der Waals surface area (Å²) in [6, 6.07) is 11.1. The van der Waals surface area contributed by atoms with Crippen LogP contribution in [0.1, 0.15) is 25.8 Å². The van der Waals surface area contributed by atoms with E-state index in [1.165, 1.54) is 5.56 Å². The summed E-state index contributed by atoms with van der Waals surface area (Å²) in [4.78, 5) is 2.44. The van der Waals surface area contributed by atoms with Crippen molar-refractivity contribution < 1.29 is 0 Å². The van der Waals surface area contributed by atoms with E-state index < -0.39 is 0 Å². The van der Waals surface area contributed by atoms with Gasteiger partial charge in [-0.1, -0.05) is 43.8 Å². The maximum absolute atomic E-state index is 5.63. The first-order chi connectivity index (χ1) is 8.17. The van der Waals surface area contributed by atoms with Crippen LogP contribution >= 0.6 is 0 Å². The van der Waals surface area contributed by atoms with Crippen LogP contribution in [0.5, 0.6) is 0 Å². The van der Waals surface area contributed by atoms with E-state index in [0.717, 1.165) is 25.1 Å². The molecule has 0 aliphatic carbocycles. The van der Waals surface area contributed by atoms with Crippen molar-refractivity contribution in [1.82, 2.24) is 4.90 Å². The summed E-state index contributed by atoms with van der Waals surface area (Å²) in [5.74, 6) is 0. The van der Waals surface area contributed by atoms with Gasteiger partial charge in [0.05, 0.1) is 0 Å². The Hall–Kier alpha value is -1.12.